The lowest BCUT2D eigenvalue weighted by Crippen LogP contribution is -2.57. The SMILES string of the molecule is CC(C)[C@H]1NC(=O)[C@@H](C)NC(=O)[C@H](Cc2ccccc2)NC(=O)CCCN(Cc2ccsc2)CCCNC1=O. The summed E-state index contributed by atoms with van der Waals surface area (Å²) in [6.45, 7) is 8.03. The number of rotatable bonds is 5. The third kappa shape index (κ3) is 10.1. The molecular weight excluding hydrogens is 514 g/mol. The van der Waals surface area contributed by atoms with E-state index in [0.29, 0.717) is 25.9 Å². The Balaban J connectivity index is 1.77. The van der Waals surface area contributed by atoms with Gasteiger partial charge in [0.1, 0.15) is 18.1 Å². The third-order valence-corrected chi connectivity index (χ3v) is 7.48. The van der Waals surface area contributed by atoms with Crippen molar-refractivity contribution in [2.24, 2.45) is 5.92 Å². The summed E-state index contributed by atoms with van der Waals surface area (Å²) in [7, 11) is 0. The molecule has 1 aliphatic rings. The maximum atomic E-state index is 13.2. The van der Waals surface area contributed by atoms with Crippen molar-refractivity contribution in [3.8, 4) is 0 Å². The van der Waals surface area contributed by atoms with E-state index in [1.54, 1.807) is 18.3 Å². The van der Waals surface area contributed by atoms with E-state index < -0.39 is 29.9 Å². The van der Waals surface area contributed by atoms with Crippen molar-refractivity contribution in [1.82, 2.24) is 26.2 Å². The third-order valence-electron chi connectivity index (χ3n) is 6.75. The van der Waals surface area contributed by atoms with Gasteiger partial charge in [-0.3, -0.25) is 24.1 Å². The fourth-order valence-electron chi connectivity index (χ4n) is 4.52. The van der Waals surface area contributed by atoms with Gasteiger partial charge in [0.2, 0.25) is 23.6 Å². The van der Waals surface area contributed by atoms with Crippen LogP contribution in [0, 0.1) is 5.92 Å². The quantitative estimate of drug-likeness (QED) is 0.451. The Bertz CT molecular complexity index is 1080. The van der Waals surface area contributed by atoms with Gasteiger partial charge in [-0.05, 0) is 60.2 Å². The second kappa shape index (κ2) is 15.4. The number of nitrogens with zero attached hydrogens (tertiary/aromatic N) is 1. The van der Waals surface area contributed by atoms with Crippen LogP contribution in [0.1, 0.15) is 51.2 Å². The predicted octanol–water partition coefficient (Wildman–Crippen LogP) is 2.22. The first kappa shape index (κ1) is 30.3. The summed E-state index contributed by atoms with van der Waals surface area (Å²) in [6.07, 6.45) is 1.96. The number of nitrogens with one attached hydrogen (secondary N) is 4. The average Bonchev–Trinajstić information content (AvgIpc) is 3.41. The summed E-state index contributed by atoms with van der Waals surface area (Å²) in [5, 5.41) is 15.5. The molecule has 0 aliphatic carbocycles. The predicted molar refractivity (Wildman–Crippen MR) is 153 cm³/mol. The maximum Gasteiger partial charge on any atom is 0.243 e. The van der Waals surface area contributed by atoms with Gasteiger partial charge in [-0.15, -0.1) is 0 Å². The van der Waals surface area contributed by atoms with Crippen LogP contribution in [0.2, 0.25) is 0 Å². The molecule has 3 atom stereocenters. The minimum atomic E-state index is -0.883. The molecule has 0 spiro atoms. The molecule has 39 heavy (non-hydrogen) atoms. The second-order valence-electron chi connectivity index (χ2n) is 10.4. The van der Waals surface area contributed by atoms with E-state index in [0.717, 1.165) is 25.1 Å². The number of amides is 4. The van der Waals surface area contributed by atoms with E-state index in [-0.39, 0.29) is 24.2 Å². The lowest BCUT2D eigenvalue weighted by Gasteiger charge is -2.26. The first-order valence-corrected chi connectivity index (χ1v) is 14.6. The van der Waals surface area contributed by atoms with Crippen LogP contribution in [0.5, 0.6) is 0 Å². The molecule has 1 aliphatic heterocycles. The summed E-state index contributed by atoms with van der Waals surface area (Å²) < 4.78 is 0. The van der Waals surface area contributed by atoms with Gasteiger partial charge in [0.25, 0.3) is 0 Å². The smallest absolute Gasteiger partial charge is 0.243 e. The van der Waals surface area contributed by atoms with Gasteiger partial charge in [0.15, 0.2) is 0 Å². The molecule has 2 aromatic rings. The number of thiophene rings is 1. The van der Waals surface area contributed by atoms with Crippen LogP contribution in [-0.2, 0) is 32.1 Å². The van der Waals surface area contributed by atoms with Crippen molar-refractivity contribution in [3.63, 3.8) is 0 Å². The first-order chi connectivity index (χ1) is 18.7. The molecule has 212 valence electrons. The van der Waals surface area contributed by atoms with Gasteiger partial charge < -0.3 is 21.3 Å². The number of carbonyl (C=O) groups excluding carboxylic acids is 4. The van der Waals surface area contributed by atoms with E-state index in [1.165, 1.54) is 5.56 Å². The van der Waals surface area contributed by atoms with Crippen LogP contribution >= 0.6 is 11.3 Å². The van der Waals surface area contributed by atoms with Crippen LogP contribution in [0.4, 0.5) is 0 Å². The topological polar surface area (TPSA) is 120 Å². The van der Waals surface area contributed by atoms with Crippen LogP contribution in [0.3, 0.4) is 0 Å². The van der Waals surface area contributed by atoms with E-state index in [2.05, 4.69) is 37.6 Å². The van der Waals surface area contributed by atoms with Gasteiger partial charge in [-0.2, -0.15) is 11.3 Å². The number of hydrogen-bond donors (Lipinski definition) is 4. The molecular formula is C29H41N5O4S. The minimum Gasteiger partial charge on any atom is -0.354 e. The van der Waals surface area contributed by atoms with Crippen LogP contribution in [0.15, 0.2) is 47.2 Å². The Hall–Kier alpha value is -3.24. The maximum absolute atomic E-state index is 13.2. The lowest BCUT2D eigenvalue weighted by molar-refractivity contribution is -0.134. The molecule has 3 rings (SSSR count). The summed E-state index contributed by atoms with van der Waals surface area (Å²) in [5.41, 5.74) is 2.11. The second-order valence-corrected chi connectivity index (χ2v) is 11.2. The minimum absolute atomic E-state index is 0.136. The van der Waals surface area contributed by atoms with Crippen molar-refractivity contribution in [3.05, 3.63) is 58.3 Å². The molecule has 0 radical (unpaired) electrons. The molecule has 1 aromatic heterocycles. The van der Waals surface area contributed by atoms with Gasteiger partial charge >= 0.3 is 0 Å². The van der Waals surface area contributed by atoms with Crippen LogP contribution in [-0.4, -0.2) is 66.3 Å². The molecule has 1 saturated heterocycles. The highest BCUT2D eigenvalue weighted by molar-refractivity contribution is 7.07. The summed E-state index contributed by atoms with van der Waals surface area (Å²) in [4.78, 5) is 54.3. The molecule has 1 aromatic carbocycles. The average molecular weight is 556 g/mol. The Kier molecular flexibility index (Phi) is 11.9. The van der Waals surface area contributed by atoms with E-state index in [1.807, 2.05) is 49.6 Å². The molecule has 10 heteroatoms. The Labute approximate surface area is 235 Å². The zero-order chi connectivity index (χ0) is 28.2. The lowest BCUT2D eigenvalue weighted by atomic mass is 10.0. The summed E-state index contributed by atoms with van der Waals surface area (Å²) in [6, 6.07) is 9.10. The van der Waals surface area contributed by atoms with Crippen molar-refractivity contribution < 1.29 is 19.2 Å². The molecule has 1 fully saturated rings. The standard InChI is InChI=1S/C29H41N5O4S/c1-20(2)26-29(38)30-13-8-15-34(18-23-12-16-39-19-23)14-7-11-25(35)32-24(17-22-9-5-4-6-10-22)28(37)31-21(3)27(36)33-26/h4-6,9-10,12,16,19-21,24,26H,7-8,11,13-15,17-18H2,1-3H3,(H,30,38)(H,31,37)(H,32,35)(H,33,36)/t21-,24+,26-/m1/s1. The van der Waals surface area contributed by atoms with Crippen molar-refractivity contribution in [2.45, 2.75) is 71.1 Å². The van der Waals surface area contributed by atoms with Gasteiger partial charge in [-0.25, -0.2) is 0 Å². The molecule has 2 heterocycles. The highest BCUT2D eigenvalue weighted by Gasteiger charge is 2.29. The highest BCUT2D eigenvalue weighted by atomic mass is 32.1. The number of benzene rings is 1. The summed E-state index contributed by atoms with van der Waals surface area (Å²) >= 11 is 1.65. The van der Waals surface area contributed by atoms with Gasteiger partial charge in [0, 0.05) is 32.5 Å². The monoisotopic (exact) mass is 555 g/mol. The van der Waals surface area contributed by atoms with Crippen molar-refractivity contribution >= 4 is 35.0 Å². The number of hydrogen-bond acceptors (Lipinski definition) is 6. The fraction of sp³-hybridized carbons (Fsp3) is 0.517. The zero-order valence-electron chi connectivity index (χ0n) is 23.1. The molecule has 0 unspecified atom stereocenters. The fourth-order valence-corrected chi connectivity index (χ4v) is 5.18. The Morgan fingerprint density at radius 1 is 0.897 bits per heavy atom. The van der Waals surface area contributed by atoms with E-state index in [4.69, 9.17) is 0 Å². The van der Waals surface area contributed by atoms with Crippen LogP contribution in [0.25, 0.3) is 0 Å². The Morgan fingerprint density at radius 2 is 1.64 bits per heavy atom. The first-order valence-electron chi connectivity index (χ1n) is 13.7. The van der Waals surface area contributed by atoms with Crippen molar-refractivity contribution in [2.75, 3.05) is 19.6 Å². The zero-order valence-corrected chi connectivity index (χ0v) is 23.9. The summed E-state index contributed by atoms with van der Waals surface area (Å²) in [5.74, 6) is -1.48. The van der Waals surface area contributed by atoms with E-state index in [9.17, 15) is 19.2 Å². The molecule has 9 nitrogen and oxygen atoms in total. The van der Waals surface area contributed by atoms with Gasteiger partial charge in [-0.1, -0.05) is 44.2 Å². The molecule has 4 amide bonds. The molecule has 4 N–H and O–H groups in total. The highest BCUT2D eigenvalue weighted by Crippen LogP contribution is 2.12. The molecule has 0 bridgehead atoms. The van der Waals surface area contributed by atoms with E-state index >= 15 is 0 Å². The van der Waals surface area contributed by atoms with Gasteiger partial charge in [0.05, 0.1) is 0 Å². The largest absolute Gasteiger partial charge is 0.354 e. The number of carbonyl (C=O) groups is 4. The molecule has 0 saturated carbocycles. The van der Waals surface area contributed by atoms with Crippen LogP contribution < -0.4 is 21.3 Å². The normalized spacial score (nSPS) is 23.2. The Morgan fingerprint density at radius 3 is 2.33 bits per heavy atom. The van der Waals surface area contributed by atoms with Crippen molar-refractivity contribution in [1.29, 1.82) is 0 Å².